The molecule has 6 nitrogen and oxygen atoms in total. The summed E-state index contributed by atoms with van der Waals surface area (Å²) in [6.07, 6.45) is 5.27. The van der Waals surface area contributed by atoms with Gasteiger partial charge in [0, 0.05) is 35.4 Å². The molecule has 8 heteroatoms. The van der Waals surface area contributed by atoms with Crippen LogP contribution in [0.25, 0.3) is 16.9 Å². The summed E-state index contributed by atoms with van der Waals surface area (Å²) in [7, 11) is 0. The first-order chi connectivity index (χ1) is 13.0. The summed E-state index contributed by atoms with van der Waals surface area (Å²) in [5.41, 5.74) is 1.88. The number of aromatic nitrogens is 4. The number of hydrogen-bond donors (Lipinski definition) is 1. The Morgan fingerprint density at radius 1 is 1.19 bits per heavy atom. The summed E-state index contributed by atoms with van der Waals surface area (Å²) in [6.45, 7) is 3.82. The van der Waals surface area contributed by atoms with Crippen molar-refractivity contribution in [2.24, 2.45) is 0 Å². The monoisotopic (exact) mass is 431 g/mol. The zero-order valence-corrected chi connectivity index (χ0v) is 16.5. The second-order valence-electron chi connectivity index (χ2n) is 6.66. The van der Waals surface area contributed by atoms with E-state index in [1.165, 1.54) is 23.2 Å². The Kier molecular flexibility index (Phi) is 4.82. The van der Waals surface area contributed by atoms with E-state index in [0.29, 0.717) is 10.2 Å². The van der Waals surface area contributed by atoms with Gasteiger partial charge in [-0.25, -0.2) is 19.0 Å². The molecule has 0 unspecified atom stereocenters. The zero-order valence-electron chi connectivity index (χ0n) is 14.9. The maximum absolute atomic E-state index is 14.2. The number of aromatic amines is 1. The van der Waals surface area contributed by atoms with Gasteiger partial charge in [-0.3, -0.25) is 9.89 Å². The number of anilines is 1. The summed E-state index contributed by atoms with van der Waals surface area (Å²) in [6, 6.07) is 5.99. The van der Waals surface area contributed by atoms with Crippen molar-refractivity contribution in [3.8, 4) is 16.9 Å². The summed E-state index contributed by atoms with van der Waals surface area (Å²) in [4.78, 5) is 23.7. The fourth-order valence-electron chi connectivity index (χ4n) is 3.34. The normalized spacial score (nSPS) is 14.6. The lowest BCUT2D eigenvalue weighted by Gasteiger charge is -2.26. The van der Waals surface area contributed by atoms with Crippen LogP contribution in [0, 0.1) is 12.7 Å². The SMILES string of the molecule is Cc1nc(N2CCCCC2)ncc1-c1cc(=O)n(-c2ccc(Br)cc2F)[nH]1. The molecular formula is C19H19BrFN5O. The number of nitrogens with zero attached hydrogens (tertiary/aromatic N) is 4. The minimum absolute atomic E-state index is 0.165. The topological polar surface area (TPSA) is 66.8 Å². The van der Waals surface area contributed by atoms with Crippen LogP contribution in [0.2, 0.25) is 0 Å². The number of rotatable bonds is 3. The van der Waals surface area contributed by atoms with Crippen molar-refractivity contribution in [1.82, 2.24) is 19.7 Å². The van der Waals surface area contributed by atoms with Crippen LogP contribution in [-0.2, 0) is 0 Å². The van der Waals surface area contributed by atoms with Crippen molar-refractivity contribution in [3.63, 3.8) is 0 Å². The highest BCUT2D eigenvalue weighted by molar-refractivity contribution is 9.10. The van der Waals surface area contributed by atoms with Gasteiger partial charge in [-0.05, 0) is 44.4 Å². The molecule has 27 heavy (non-hydrogen) atoms. The molecule has 0 amide bonds. The summed E-state index contributed by atoms with van der Waals surface area (Å²) in [5.74, 6) is 0.227. The molecule has 140 valence electrons. The lowest BCUT2D eigenvalue weighted by Crippen LogP contribution is -2.31. The van der Waals surface area contributed by atoms with Crippen LogP contribution >= 0.6 is 15.9 Å². The van der Waals surface area contributed by atoms with Gasteiger partial charge in [-0.15, -0.1) is 0 Å². The number of nitrogens with one attached hydrogen (secondary N) is 1. The van der Waals surface area contributed by atoms with Crippen molar-refractivity contribution < 1.29 is 4.39 Å². The van der Waals surface area contributed by atoms with E-state index in [9.17, 15) is 9.18 Å². The van der Waals surface area contributed by atoms with Gasteiger partial charge in [0.1, 0.15) is 11.5 Å². The smallest absolute Gasteiger partial charge is 0.271 e. The van der Waals surface area contributed by atoms with E-state index in [0.717, 1.165) is 43.1 Å². The summed E-state index contributed by atoms with van der Waals surface area (Å²) in [5, 5.41) is 2.97. The van der Waals surface area contributed by atoms with E-state index in [1.54, 1.807) is 18.3 Å². The molecule has 1 aliphatic rings. The van der Waals surface area contributed by atoms with Gasteiger partial charge in [0.15, 0.2) is 0 Å². The Morgan fingerprint density at radius 2 is 1.96 bits per heavy atom. The number of halogens is 2. The Labute approximate surface area is 164 Å². The van der Waals surface area contributed by atoms with E-state index in [2.05, 4.69) is 35.9 Å². The third-order valence-electron chi connectivity index (χ3n) is 4.77. The third-order valence-corrected chi connectivity index (χ3v) is 5.26. The van der Waals surface area contributed by atoms with Gasteiger partial charge in [-0.1, -0.05) is 15.9 Å². The van der Waals surface area contributed by atoms with E-state index >= 15 is 0 Å². The van der Waals surface area contributed by atoms with Crippen molar-refractivity contribution in [3.05, 3.63) is 56.8 Å². The van der Waals surface area contributed by atoms with Crippen LogP contribution in [-0.4, -0.2) is 32.8 Å². The Balaban J connectivity index is 1.69. The zero-order chi connectivity index (χ0) is 19.0. The standard InChI is InChI=1S/C19H19BrFN5O/c1-12-14(11-22-19(23-12)25-7-3-2-4-8-25)16-10-18(27)26(24-16)17-6-5-13(20)9-15(17)21/h5-6,9-11,24H,2-4,7-8H2,1H3. The average Bonchev–Trinajstić information content (AvgIpc) is 3.03. The lowest BCUT2D eigenvalue weighted by atomic mass is 10.1. The maximum atomic E-state index is 14.2. The fraction of sp³-hybridized carbons (Fsp3) is 0.316. The Bertz CT molecular complexity index is 1040. The molecule has 1 aromatic carbocycles. The van der Waals surface area contributed by atoms with Crippen LogP contribution in [0.4, 0.5) is 10.3 Å². The van der Waals surface area contributed by atoms with Crippen LogP contribution in [0.1, 0.15) is 25.0 Å². The molecule has 2 aromatic heterocycles. The first kappa shape index (κ1) is 17.9. The van der Waals surface area contributed by atoms with E-state index in [1.807, 2.05) is 6.92 Å². The molecule has 0 saturated carbocycles. The predicted octanol–water partition coefficient (Wildman–Crippen LogP) is 3.82. The highest BCUT2D eigenvalue weighted by Gasteiger charge is 2.17. The number of piperidine rings is 1. The summed E-state index contributed by atoms with van der Waals surface area (Å²) < 4.78 is 16.0. The molecular weight excluding hydrogens is 413 g/mol. The average molecular weight is 432 g/mol. The van der Waals surface area contributed by atoms with Crippen LogP contribution < -0.4 is 10.5 Å². The number of aryl methyl sites for hydroxylation is 1. The number of hydrogen-bond acceptors (Lipinski definition) is 4. The first-order valence-electron chi connectivity index (χ1n) is 8.89. The van der Waals surface area contributed by atoms with Crippen molar-refractivity contribution >= 4 is 21.9 Å². The molecule has 4 rings (SSSR count). The fourth-order valence-corrected chi connectivity index (χ4v) is 3.67. The molecule has 0 aliphatic carbocycles. The van der Waals surface area contributed by atoms with Gasteiger partial charge in [0.25, 0.3) is 5.56 Å². The predicted molar refractivity (Wildman–Crippen MR) is 106 cm³/mol. The van der Waals surface area contributed by atoms with Gasteiger partial charge in [-0.2, -0.15) is 0 Å². The van der Waals surface area contributed by atoms with Gasteiger partial charge < -0.3 is 4.90 Å². The highest BCUT2D eigenvalue weighted by Crippen LogP contribution is 2.23. The Morgan fingerprint density at radius 3 is 2.67 bits per heavy atom. The molecule has 3 heterocycles. The molecule has 0 spiro atoms. The lowest BCUT2D eigenvalue weighted by molar-refractivity contribution is 0.567. The summed E-state index contributed by atoms with van der Waals surface area (Å²) >= 11 is 3.22. The minimum atomic E-state index is -0.492. The second kappa shape index (κ2) is 7.26. The van der Waals surface area contributed by atoms with Crippen LogP contribution in [0.3, 0.4) is 0 Å². The molecule has 1 saturated heterocycles. The quantitative estimate of drug-likeness (QED) is 0.684. The van der Waals surface area contributed by atoms with Crippen molar-refractivity contribution in [1.29, 1.82) is 0 Å². The van der Waals surface area contributed by atoms with Gasteiger partial charge in [0.05, 0.1) is 11.4 Å². The molecule has 0 bridgehead atoms. The third kappa shape index (κ3) is 3.53. The van der Waals surface area contributed by atoms with Crippen molar-refractivity contribution in [2.45, 2.75) is 26.2 Å². The molecule has 0 radical (unpaired) electrons. The van der Waals surface area contributed by atoms with Crippen LogP contribution in [0.5, 0.6) is 0 Å². The molecule has 1 N–H and O–H groups in total. The van der Waals surface area contributed by atoms with E-state index < -0.39 is 5.82 Å². The van der Waals surface area contributed by atoms with E-state index in [-0.39, 0.29) is 11.2 Å². The van der Waals surface area contributed by atoms with E-state index in [4.69, 9.17) is 0 Å². The van der Waals surface area contributed by atoms with Crippen LogP contribution in [0.15, 0.2) is 39.7 Å². The maximum Gasteiger partial charge on any atom is 0.271 e. The molecule has 1 aliphatic heterocycles. The van der Waals surface area contributed by atoms with Gasteiger partial charge in [0.2, 0.25) is 5.95 Å². The number of H-pyrrole nitrogens is 1. The molecule has 1 fully saturated rings. The Hall–Kier alpha value is -2.48. The molecule has 0 atom stereocenters. The van der Waals surface area contributed by atoms with Crippen molar-refractivity contribution in [2.75, 3.05) is 18.0 Å². The molecule has 3 aromatic rings. The minimum Gasteiger partial charge on any atom is -0.341 e. The first-order valence-corrected chi connectivity index (χ1v) is 9.69. The highest BCUT2D eigenvalue weighted by atomic mass is 79.9. The largest absolute Gasteiger partial charge is 0.341 e. The number of benzene rings is 1. The van der Waals surface area contributed by atoms with Gasteiger partial charge >= 0.3 is 0 Å². The second-order valence-corrected chi connectivity index (χ2v) is 7.57.